The molecular formula is C31H26BrClN2O6S. The van der Waals surface area contributed by atoms with Gasteiger partial charge in [-0.2, -0.15) is 0 Å². The Labute approximate surface area is 259 Å². The monoisotopic (exact) mass is 668 g/mol. The number of aromatic nitrogens is 1. The number of rotatable bonds is 8. The molecule has 0 amide bonds. The number of esters is 1. The number of hydrogen-bond acceptors (Lipinski definition) is 8. The Morgan fingerprint density at radius 2 is 1.79 bits per heavy atom. The number of benzene rings is 3. The Hall–Kier alpha value is -3.86. The lowest BCUT2D eigenvalue weighted by molar-refractivity contribution is -0.136. The minimum atomic E-state index is -0.865. The molecular weight excluding hydrogens is 644 g/mol. The first-order valence-corrected chi connectivity index (χ1v) is 14.7. The third-order valence-corrected chi connectivity index (χ3v) is 8.62. The molecule has 0 unspecified atom stereocenters. The lowest BCUT2D eigenvalue weighted by Gasteiger charge is -2.25. The van der Waals surface area contributed by atoms with Crippen molar-refractivity contribution in [2.45, 2.75) is 19.6 Å². The number of carbonyl (C=O) groups excluding carboxylic acids is 1. The quantitative estimate of drug-likeness (QED) is 0.233. The molecule has 0 saturated heterocycles. The van der Waals surface area contributed by atoms with Crippen molar-refractivity contribution in [2.75, 3.05) is 21.3 Å². The predicted molar refractivity (Wildman–Crippen MR) is 165 cm³/mol. The van der Waals surface area contributed by atoms with Crippen molar-refractivity contribution < 1.29 is 23.7 Å². The van der Waals surface area contributed by atoms with Gasteiger partial charge < -0.3 is 18.9 Å². The van der Waals surface area contributed by atoms with Crippen molar-refractivity contribution in [1.29, 1.82) is 0 Å². The smallest absolute Gasteiger partial charge is 0.338 e. The SMILES string of the molecule is COC(=O)C1=C(C)N=c2s/c(=C\c3cc(OC)c(OCc4ccccc4)cc3Br)c(=O)n2[C@H]1c1cc(Cl)ccc1OC. The van der Waals surface area contributed by atoms with Crippen LogP contribution in [0.3, 0.4) is 0 Å². The molecule has 1 atom stereocenters. The lowest BCUT2D eigenvalue weighted by Crippen LogP contribution is -2.40. The van der Waals surface area contributed by atoms with Crippen LogP contribution in [0.2, 0.25) is 5.02 Å². The summed E-state index contributed by atoms with van der Waals surface area (Å²) in [6.07, 6.45) is 1.75. The second-order valence-corrected chi connectivity index (χ2v) is 11.6. The second-order valence-electron chi connectivity index (χ2n) is 9.26. The summed E-state index contributed by atoms with van der Waals surface area (Å²) in [4.78, 5) is 32.0. The Kier molecular flexibility index (Phi) is 8.86. The van der Waals surface area contributed by atoms with E-state index in [4.69, 9.17) is 30.5 Å². The van der Waals surface area contributed by atoms with Crippen molar-refractivity contribution in [3.63, 3.8) is 0 Å². The molecule has 4 aromatic rings. The van der Waals surface area contributed by atoms with Gasteiger partial charge in [-0.1, -0.05) is 69.2 Å². The molecule has 0 radical (unpaired) electrons. The summed E-state index contributed by atoms with van der Waals surface area (Å²) in [5.41, 5.74) is 2.58. The fraction of sp³-hybridized carbons (Fsp3) is 0.194. The number of halogens is 2. The van der Waals surface area contributed by atoms with E-state index in [0.29, 0.717) is 59.5 Å². The van der Waals surface area contributed by atoms with Crippen LogP contribution in [0.5, 0.6) is 17.2 Å². The minimum Gasteiger partial charge on any atom is -0.496 e. The molecule has 216 valence electrons. The summed E-state index contributed by atoms with van der Waals surface area (Å²) >= 11 is 11.2. The van der Waals surface area contributed by atoms with Gasteiger partial charge in [0.15, 0.2) is 16.3 Å². The molecule has 0 aliphatic carbocycles. The van der Waals surface area contributed by atoms with Crippen LogP contribution in [0.4, 0.5) is 0 Å². The maximum Gasteiger partial charge on any atom is 0.338 e. The lowest BCUT2D eigenvalue weighted by atomic mass is 9.95. The van der Waals surface area contributed by atoms with Crippen molar-refractivity contribution in [3.05, 3.63) is 118 Å². The molecule has 0 spiro atoms. The van der Waals surface area contributed by atoms with Crippen LogP contribution < -0.4 is 29.1 Å². The first-order chi connectivity index (χ1) is 20.2. The van der Waals surface area contributed by atoms with Crippen molar-refractivity contribution in [1.82, 2.24) is 4.57 Å². The van der Waals surface area contributed by atoms with Gasteiger partial charge in [-0.3, -0.25) is 9.36 Å². The zero-order chi connectivity index (χ0) is 30.0. The topological polar surface area (TPSA) is 88.4 Å². The Morgan fingerprint density at radius 1 is 1.05 bits per heavy atom. The number of fused-ring (bicyclic) bond motifs is 1. The number of hydrogen-bond donors (Lipinski definition) is 0. The number of ether oxygens (including phenoxy) is 4. The Balaban J connectivity index is 1.63. The summed E-state index contributed by atoms with van der Waals surface area (Å²) in [5.74, 6) is 0.932. The van der Waals surface area contributed by atoms with E-state index in [1.165, 1.54) is 30.1 Å². The fourth-order valence-electron chi connectivity index (χ4n) is 4.72. The van der Waals surface area contributed by atoms with Crippen molar-refractivity contribution >= 4 is 50.9 Å². The molecule has 0 saturated carbocycles. The summed E-state index contributed by atoms with van der Waals surface area (Å²) in [6.45, 7) is 2.08. The van der Waals surface area contributed by atoms with Crippen molar-refractivity contribution in [2.24, 2.45) is 4.99 Å². The molecule has 1 aromatic heterocycles. The van der Waals surface area contributed by atoms with E-state index in [1.54, 1.807) is 44.4 Å². The van der Waals surface area contributed by atoms with E-state index < -0.39 is 12.0 Å². The van der Waals surface area contributed by atoms with E-state index >= 15 is 0 Å². The third kappa shape index (κ3) is 5.74. The molecule has 11 heteroatoms. The molecule has 5 rings (SSSR count). The molecule has 3 aromatic carbocycles. The zero-order valence-electron chi connectivity index (χ0n) is 23.1. The van der Waals surface area contributed by atoms with Crippen LogP contribution in [0.1, 0.15) is 29.7 Å². The van der Waals surface area contributed by atoms with Gasteiger partial charge in [0.05, 0.1) is 37.1 Å². The summed E-state index contributed by atoms with van der Waals surface area (Å²) in [7, 11) is 4.37. The molecule has 0 bridgehead atoms. The highest BCUT2D eigenvalue weighted by molar-refractivity contribution is 9.10. The van der Waals surface area contributed by atoms with Gasteiger partial charge in [-0.25, -0.2) is 9.79 Å². The first kappa shape index (κ1) is 29.6. The van der Waals surface area contributed by atoms with Gasteiger partial charge in [-0.15, -0.1) is 0 Å². The van der Waals surface area contributed by atoms with E-state index in [2.05, 4.69) is 20.9 Å². The average Bonchev–Trinajstić information content (AvgIpc) is 3.30. The van der Waals surface area contributed by atoms with Gasteiger partial charge in [0.25, 0.3) is 5.56 Å². The van der Waals surface area contributed by atoms with Gasteiger partial charge in [0.2, 0.25) is 0 Å². The second kappa shape index (κ2) is 12.6. The molecule has 0 fully saturated rings. The van der Waals surface area contributed by atoms with Gasteiger partial charge in [0, 0.05) is 15.1 Å². The number of allylic oxidation sites excluding steroid dienone is 1. The molecule has 1 aliphatic heterocycles. The molecule has 1 aliphatic rings. The van der Waals surface area contributed by atoms with E-state index in [0.717, 1.165) is 5.56 Å². The summed E-state index contributed by atoms with van der Waals surface area (Å²) in [6, 6.07) is 17.6. The molecule has 42 heavy (non-hydrogen) atoms. The minimum absolute atomic E-state index is 0.222. The Bertz CT molecular complexity index is 1880. The number of carbonyl (C=O) groups is 1. The highest BCUT2D eigenvalue weighted by Gasteiger charge is 2.35. The van der Waals surface area contributed by atoms with E-state index in [-0.39, 0.29) is 11.1 Å². The van der Waals surface area contributed by atoms with Crippen LogP contribution in [0, 0.1) is 0 Å². The number of methoxy groups -OCH3 is 3. The number of thiazole rings is 1. The fourth-order valence-corrected chi connectivity index (χ4v) is 6.37. The molecule has 8 nitrogen and oxygen atoms in total. The maximum atomic E-state index is 14.0. The largest absolute Gasteiger partial charge is 0.496 e. The van der Waals surface area contributed by atoms with Gasteiger partial charge in [0.1, 0.15) is 18.4 Å². The summed E-state index contributed by atoms with van der Waals surface area (Å²) in [5, 5.41) is 0.428. The van der Waals surface area contributed by atoms with E-state index in [1.807, 2.05) is 36.4 Å². The van der Waals surface area contributed by atoms with Crippen LogP contribution >= 0.6 is 38.9 Å². The third-order valence-electron chi connectivity index (χ3n) is 6.72. The van der Waals surface area contributed by atoms with Crippen LogP contribution in [-0.2, 0) is 16.1 Å². The average molecular weight is 670 g/mol. The highest BCUT2D eigenvalue weighted by Crippen LogP contribution is 2.38. The highest BCUT2D eigenvalue weighted by atomic mass is 79.9. The van der Waals surface area contributed by atoms with Crippen LogP contribution in [-0.4, -0.2) is 31.9 Å². The van der Waals surface area contributed by atoms with Crippen LogP contribution in [0.15, 0.2) is 86.2 Å². The van der Waals surface area contributed by atoms with Crippen molar-refractivity contribution in [3.8, 4) is 17.2 Å². The Morgan fingerprint density at radius 3 is 2.48 bits per heavy atom. The van der Waals surface area contributed by atoms with Crippen LogP contribution in [0.25, 0.3) is 6.08 Å². The van der Waals surface area contributed by atoms with Gasteiger partial charge >= 0.3 is 5.97 Å². The molecule has 2 heterocycles. The maximum absolute atomic E-state index is 14.0. The predicted octanol–water partition coefficient (Wildman–Crippen LogP) is 5.42. The normalized spacial score (nSPS) is 14.7. The standard InChI is InChI=1S/C31H26BrClN2O6S/c1-17-27(30(37)40-4)28(21-14-20(33)10-11-23(21)38-2)35-29(36)26(42-31(35)34-17)13-19-12-24(39-3)25(15-22(19)32)41-16-18-8-6-5-7-9-18/h5-15,28H,16H2,1-4H3/b26-13-/t28-/m0/s1. The first-order valence-electron chi connectivity index (χ1n) is 12.7. The van der Waals surface area contributed by atoms with Gasteiger partial charge in [-0.05, 0) is 54.5 Å². The zero-order valence-corrected chi connectivity index (χ0v) is 26.3. The molecule has 0 N–H and O–H groups in total. The van der Waals surface area contributed by atoms with E-state index in [9.17, 15) is 9.59 Å². The summed E-state index contributed by atoms with van der Waals surface area (Å²) < 4.78 is 24.9. The number of nitrogens with zero attached hydrogens (tertiary/aromatic N) is 2.